The number of benzene rings is 1. The van der Waals surface area contributed by atoms with E-state index < -0.39 is 40.7 Å². The number of nitrogens with one attached hydrogen (secondary N) is 2. The lowest BCUT2D eigenvalue weighted by Crippen LogP contribution is -2.60. The van der Waals surface area contributed by atoms with Gasteiger partial charge in [0.15, 0.2) is 0 Å². The zero-order chi connectivity index (χ0) is 29.0. The minimum atomic E-state index is -1.16. The lowest BCUT2D eigenvalue weighted by molar-refractivity contribution is -0.151. The molecule has 3 aliphatic rings. The first-order chi connectivity index (χ1) is 18.1. The van der Waals surface area contributed by atoms with E-state index in [-0.39, 0.29) is 35.7 Å². The maximum absolute atomic E-state index is 14.5. The molecule has 0 aliphatic carbocycles. The number of rotatable bonds is 9. The summed E-state index contributed by atoms with van der Waals surface area (Å²) in [6, 6.07) is 7.55. The van der Waals surface area contributed by atoms with E-state index in [1.807, 2.05) is 65.0 Å². The fourth-order valence-corrected chi connectivity index (χ4v) is 7.87. The van der Waals surface area contributed by atoms with Crippen molar-refractivity contribution in [1.82, 2.24) is 15.5 Å². The molecule has 39 heavy (non-hydrogen) atoms. The maximum atomic E-state index is 14.5. The number of fused-ring (bicyclic) bond motifs is 1. The van der Waals surface area contributed by atoms with Crippen LogP contribution >= 0.6 is 0 Å². The third kappa shape index (κ3) is 4.99. The predicted octanol–water partition coefficient (Wildman–Crippen LogP) is 3.59. The Kier molecular flexibility index (Phi) is 7.71. The maximum Gasteiger partial charge on any atom is 0.246 e. The van der Waals surface area contributed by atoms with Gasteiger partial charge in [0.05, 0.1) is 30.1 Å². The lowest BCUT2D eigenvalue weighted by Gasteiger charge is -2.40. The van der Waals surface area contributed by atoms with E-state index in [1.165, 1.54) is 4.90 Å². The highest BCUT2D eigenvalue weighted by Gasteiger charge is 2.80. The molecule has 3 unspecified atom stereocenters. The van der Waals surface area contributed by atoms with E-state index >= 15 is 0 Å². The van der Waals surface area contributed by atoms with Crippen LogP contribution in [0.3, 0.4) is 0 Å². The van der Waals surface area contributed by atoms with Gasteiger partial charge < -0.3 is 25.4 Å². The molecule has 3 saturated heterocycles. The number of hydrogen-bond acceptors (Lipinski definition) is 5. The highest BCUT2D eigenvalue weighted by molar-refractivity contribution is 5.99. The van der Waals surface area contributed by atoms with Gasteiger partial charge in [-0.05, 0) is 56.9 Å². The summed E-state index contributed by atoms with van der Waals surface area (Å²) in [6.45, 7) is 16.5. The Balaban J connectivity index is 1.83. The molecule has 7 atom stereocenters. The number of carbonyl (C=O) groups is 3. The summed E-state index contributed by atoms with van der Waals surface area (Å²) in [7, 11) is 0. The van der Waals surface area contributed by atoms with Crippen LogP contribution in [0.15, 0.2) is 30.3 Å². The van der Waals surface area contributed by atoms with Gasteiger partial charge in [-0.25, -0.2) is 0 Å². The fraction of sp³-hybridized carbons (Fsp3) is 0.710. The highest BCUT2D eigenvalue weighted by Crippen LogP contribution is 2.66. The van der Waals surface area contributed by atoms with E-state index in [0.29, 0.717) is 13.0 Å². The van der Waals surface area contributed by atoms with Crippen LogP contribution in [0.4, 0.5) is 0 Å². The Morgan fingerprint density at radius 3 is 2.36 bits per heavy atom. The van der Waals surface area contributed by atoms with Crippen molar-refractivity contribution in [2.45, 2.75) is 103 Å². The number of amides is 3. The van der Waals surface area contributed by atoms with Crippen LogP contribution in [0, 0.1) is 23.2 Å². The van der Waals surface area contributed by atoms with Crippen molar-refractivity contribution in [2.75, 3.05) is 13.2 Å². The van der Waals surface area contributed by atoms with Crippen molar-refractivity contribution < 1.29 is 24.2 Å². The largest absolute Gasteiger partial charge is 0.394 e. The van der Waals surface area contributed by atoms with Crippen molar-refractivity contribution in [3.63, 3.8) is 0 Å². The summed E-state index contributed by atoms with van der Waals surface area (Å²) >= 11 is 0. The van der Waals surface area contributed by atoms with E-state index in [0.717, 1.165) is 18.4 Å². The van der Waals surface area contributed by atoms with E-state index in [9.17, 15) is 19.5 Å². The van der Waals surface area contributed by atoms with Gasteiger partial charge in [0.25, 0.3) is 0 Å². The normalized spacial score (nSPS) is 32.7. The standard InChI is InChI=1S/C31H47N3O5/c1-9-15-32-25(36)22-23-27(38)34(21(17-35)20-13-11-10-12-14-20)24(31(23)16-19(2)30(22,8)39-31)26(37)33-29(6,7)18-28(3,4)5/h10-14,19,21-24,35H,9,15-18H2,1-8H3,(H,32,36)(H,33,37)/t19?,21-,22+,23+,24?,30-,31?/m1/s1. The SMILES string of the molecule is CCCNC(=O)[C@@H]1[C@H]2C(=O)N([C@H](CO)c3ccccc3)C(C(=O)NC(C)(C)CC(C)(C)C)C23CC(C)[C@@]1(C)O3. The lowest BCUT2D eigenvalue weighted by atomic mass is 9.62. The second-order valence-corrected chi connectivity index (χ2v) is 14.0. The van der Waals surface area contributed by atoms with Gasteiger partial charge in [-0.1, -0.05) is 65.0 Å². The highest BCUT2D eigenvalue weighted by atomic mass is 16.5. The zero-order valence-corrected chi connectivity index (χ0v) is 24.8. The third-order valence-corrected chi connectivity index (χ3v) is 8.96. The first-order valence-electron chi connectivity index (χ1n) is 14.4. The van der Waals surface area contributed by atoms with Crippen molar-refractivity contribution in [2.24, 2.45) is 23.2 Å². The molecule has 4 rings (SSSR count). The number of likely N-dealkylation sites (tertiary alicyclic amines) is 1. The summed E-state index contributed by atoms with van der Waals surface area (Å²) in [5, 5.41) is 16.9. The molecule has 3 N–H and O–H groups in total. The monoisotopic (exact) mass is 541 g/mol. The summed E-state index contributed by atoms with van der Waals surface area (Å²) in [5.74, 6) is -2.39. The minimum Gasteiger partial charge on any atom is -0.394 e. The first kappa shape index (κ1) is 29.5. The molecule has 0 saturated carbocycles. The molecule has 8 heteroatoms. The number of carbonyl (C=O) groups excluding carboxylic acids is 3. The molecule has 0 aromatic heterocycles. The van der Waals surface area contributed by atoms with Gasteiger partial charge in [-0.2, -0.15) is 0 Å². The van der Waals surface area contributed by atoms with Crippen molar-refractivity contribution in [3.05, 3.63) is 35.9 Å². The summed E-state index contributed by atoms with van der Waals surface area (Å²) in [4.78, 5) is 44.0. The summed E-state index contributed by atoms with van der Waals surface area (Å²) in [6.07, 6.45) is 1.98. The summed E-state index contributed by atoms with van der Waals surface area (Å²) in [5.41, 5.74) is -1.89. The van der Waals surface area contributed by atoms with Crippen molar-refractivity contribution in [3.8, 4) is 0 Å². The van der Waals surface area contributed by atoms with Crippen LogP contribution in [0.25, 0.3) is 0 Å². The van der Waals surface area contributed by atoms with Crippen LogP contribution in [0.2, 0.25) is 0 Å². The van der Waals surface area contributed by atoms with Crippen LogP contribution in [-0.2, 0) is 19.1 Å². The molecule has 1 aromatic carbocycles. The van der Waals surface area contributed by atoms with Crippen LogP contribution < -0.4 is 10.6 Å². The Morgan fingerprint density at radius 2 is 1.79 bits per heavy atom. The van der Waals surface area contributed by atoms with Crippen molar-refractivity contribution >= 4 is 17.7 Å². The molecular formula is C31H47N3O5. The number of ether oxygens (including phenoxy) is 1. The quantitative estimate of drug-likeness (QED) is 0.443. The number of hydrogen-bond donors (Lipinski definition) is 3. The average molecular weight is 542 g/mol. The van der Waals surface area contributed by atoms with Crippen LogP contribution in [0.1, 0.15) is 86.3 Å². The first-order valence-corrected chi connectivity index (χ1v) is 14.4. The molecule has 1 aromatic rings. The molecule has 216 valence electrons. The zero-order valence-electron chi connectivity index (χ0n) is 24.8. The number of aliphatic hydroxyl groups is 1. The van der Waals surface area contributed by atoms with Gasteiger partial charge in [-0.3, -0.25) is 14.4 Å². The fourth-order valence-electron chi connectivity index (χ4n) is 7.87. The second-order valence-electron chi connectivity index (χ2n) is 14.0. The summed E-state index contributed by atoms with van der Waals surface area (Å²) < 4.78 is 6.81. The van der Waals surface area contributed by atoms with Crippen LogP contribution in [0.5, 0.6) is 0 Å². The molecule has 2 bridgehead atoms. The van der Waals surface area contributed by atoms with Gasteiger partial charge in [0.2, 0.25) is 17.7 Å². The topological polar surface area (TPSA) is 108 Å². The van der Waals surface area contributed by atoms with Crippen LogP contribution in [-0.4, -0.2) is 63.7 Å². The molecule has 1 spiro atoms. The van der Waals surface area contributed by atoms with E-state index in [1.54, 1.807) is 0 Å². The smallest absolute Gasteiger partial charge is 0.246 e. The Bertz CT molecular complexity index is 1100. The third-order valence-electron chi connectivity index (χ3n) is 8.96. The van der Waals surface area contributed by atoms with E-state index in [2.05, 4.69) is 31.4 Å². The molecule has 0 radical (unpaired) electrons. The Labute approximate surface area is 233 Å². The minimum absolute atomic E-state index is 0.0345. The van der Waals surface area contributed by atoms with Gasteiger partial charge in [0, 0.05) is 12.1 Å². The molecule has 3 fully saturated rings. The number of aliphatic hydroxyl groups excluding tert-OH is 1. The average Bonchev–Trinajstić information content (AvgIpc) is 3.34. The van der Waals surface area contributed by atoms with Gasteiger partial charge in [0.1, 0.15) is 11.6 Å². The molecule has 3 aliphatic heterocycles. The second kappa shape index (κ2) is 10.2. The number of nitrogens with zero attached hydrogens (tertiary/aromatic N) is 1. The molecule has 3 amide bonds. The van der Waals surface area contributed by atoms with Gasteiger partial charge >= 0.3 is 0 Å². The molecule has 8 nitrogen and oxygen atoms in total. The van der Waals surface area contributed by atoms with Gasteiger partial charge in [-0.15, -0.1) is 0 Å². The van der Waals surface area contributed by atoms with E-state index in [4.69, 9.17) is 4.74 Å². The van der Waals surface area contributed by atoms with Crippen molar-refractivity contribution in [1.29, 1.82) is 0 Å². The Hall–Kier alpha value is -2.45. The molecule has 3 heterocycles. The predicted molar refractivity (Wildman–Crippen MR) is 149 cm³/mol. The Morgan fingerprint density at radius 1 is 1.15 bits per heavy atom. The molecular weight excluding hydrogens is 494 g/mol.